The average Bonchev–Trinajstić information content (AvgIpc) is 2.59. The summed E-state index contributed by atoms with van der Waals surface area (Å²) in [7, 11) is 0. The van der Waals surface area contributed by atoms with Gasteiger partial charge in [-0.1, -0.05) is 23.2 Å². The SMILES string of the molecule is O=C(Nc1ccc(Cl)c(Cl)c1)c1ccc(N2CCCCC2)cc1. The van der Waals surface area contributed by atoms with Crippen LogP contribution in [0.5, 0.6) is 0 Å². The van der Waals surface area contributed by atoms with E-state index in [2.05, 4.69) is 10.2 Å². The lowest BCUT2D eigenvalue weighted by molar-refractivity contribution is 0.102. The molecule has 0 unspecified atom stereocenters. The molecule has 0 saturated carbocycles. The summed E-state index contributed by atoms with van der Waals surface area (Å²) >= 11 is 11.8. The number of piperidine rings is 1. The Morgan fingerprint density at radius 2 is 1.61 bits per heavy atom. The summed E-state index contributed by atoms with van der Waals surface area (Å²) in [5.74, 6) is -0.159. The van der Waals surface area contributed by atoms with E-state index in [-0.39, 0.29) is 5.91 Å². The maximum Gasteiger partial charge on any atom is 0.255 e. The van der Waals surface area contributed by atoms with Crippen molar-refractivity contribution in [1.29, 1.82) is 0 Å². The smallest absolute Gasteiger partial charge is 0.255 e. The summed E-state index contributed by atoms with van der Waals surface area (Å²) in [6.07, 6.45) is 3.78. The van der Waals surface area contributed by atoms with Crippen molar-refractivity contribution >= 4 is 40.5 Å². The van der Waals surface area contributed by atoms with Crippen LogP contribution in [0.4, 0.5) is 11.4 Å². The van der Waals surface area contributed by atoms with Crippen LogP contribution in [0.2, 0.25) is 10.0 Å². The summed E-state index contributed by atoms with van der Waals surface area (Å²) in [6, 6.07) is 12.8. The molecular weight excluding hydrogens is 331 g/mol. The average molecular weight is 349 g/mol. The van der Waals surface area contributed by atoms with E-state index in [9.17, 15) is 4.79 Å². The Bertz CT molecular complexity index is 695. The van der Waals surface area contributed by atoms with Gasteiger partial charge in [-0.05, 0) is 61.7 Å². The maximum absolute atomic E-state index is 12.3. The second kappa shape index (κ2) is 7.24. The molecule has 0 bridgehead atoms. The highest BCUT2D eigenvalue weighted by atomic mass is 35.5. The highest BCUT2D eigenvalue weighted by Gasteiger charge is 2.12. The number of carbonyl (C=O) groups is 1. The highest BCUT2D eigenvalue weighted by Crippen LogP contribution is 2.25. The van der Waals surface area contributed by atoms with Crippen LogP contribution in [0.15, 0.2) is 42.5 Å². The number of hydrogen-bond donors (Lipinski definition) is 1. The molecule has 1 amide bonds. The monoisotopic (exact) mass is 348 g/mol. The first-order valence-electron chi connectivity index (χ1n) is 7.75. The lowest BCUT2D eigenvalue weighted by atomic mass is 10.1. The summed E-state index contributed by atoms with van der Waals surface area (Å²) in [5.41, 5.74) is 2.43. The molecule has 5 heteroatoms. The van der Waals surface area contributed by atoms with Crippen molar-refractivity contribution in [3.8, 4) is 0 Å². The second-order valence-electron chi connectivity index (χ2n) is 5.68. The third-order valence-corrected chi connectivity index (χ3v) is 4.77. The van der Waals surface area contributed by atoms with E-state index in [1.54, 1.807) is 18.2 Å². The van der Waals surface area contributed by atoms with E-state index < -0.39 is 0 Å². The predicted octanol–water partition coefficient (Wildman–Crippen LogP) is 5.24. The van der Waals surface area contributed by atoms with Crippen LogP contribution in [0.25, 0.3) is 0 Å². The molecule has 2 aromatic rings. The predicted molar refractivity (Wildman–Crippen MR) is 96.9 cm³/mol. The Labute approximate surface area is 146 Å². The lowest BCUT2D eigenvalue weighted by Crippen LogP contribution is -2.29. The molecule has 1 N–H and O–H groups in total. The first-order valence-corrected chi connectivity index (χ1v) is 8.50. The number of carbonyl (C=O) groups excluding carboxylic acids is 1. The molecule has 3 rings (SSSR count). The molecule has 1 heterocycles. The molecule has 1 saturated heterocycles. The van der Waals surface area contributed by atoms with Crippen LogP contribution in [0.1, 0.15) is 29.6 Å². The van der Waals surface area contributed by atoms with Crippen LogP contribution in [-0.2, 0) is 0 Å². The van der Waals surface area contributed by atoms with Crippen LogP contribution in [0.3, 0.4) is 0 Å². The summed E-state index contributed by atoms with van der Waals surface area (Å²) in [6.45, 7) is 2.18. The number of hydrogen-bond acceptors (Lipinski definition) is 2. The van der Waals surface area contributed by atoms with E-state index in [0.29, 0.717) is 21.3 Å². The lowest BCUT2D eigenvalue weighted by Gasteiger charge is -2.28. The fourth-order valence-corrected chi connectivity index (χ4v) is 3.05. The standard InChI is InChI=1S/C18H18Cl2N2O/c19-16-9-6-14(12-17(16)20)21-18(23)13-4-7-15(8-5-13)22-10-2-1-3-11-22/h4-9,12H,1-3,10-11H2,(H,21,23). The van der Waals surface area contributed by atoms with Crippen LogP contribution in [-0.4, -0.2) is 19.0 Å². The van der Waals surface area contributed by atoms with Gasteiger partial charge in [0.1, 0.15) is 0 Å². The summed E-state index contributed by atoms with van der Waals surface area (Å²) < 4.78 is 0. The Morgan fingerprint density at radius 3 is 2.26 bits per heavy atom. The quantitative estimate of drug-likeness (QED) is 0.822. The molecule has 0 atom stereocenters. The largest absolute Gasteiger partial charge is 0.372 e. The summed E-state index contributed by atoms with van der Waals surface area (Å²) in [4.78, 5) is 14.7. The van der Waals surface area contributed by atoms with Gasteiger partial charge in [-0.2, -0.15) is 0 Å². The van der Waals surface area contributed by atoms with E-state index in [0.717, 1.165) is 13.1 Å². The zero-order chi connectivity index (χ0) is 16.2. The second-order valence-corrected chi connectivity index (χ2v) is 6.49. The van der Waals surface area contributed by atoms with Crippen LogP contribution in [0, 0.1) is 0 Å². The van der Waals surface area contributed by atoms with Gasteiger partial charge in [0.15, 0.2) is 0 Å². The van der Waals surface area contributed by atoms with Gasteiger partial charge in [0.25, 0.3) is 5.91 Å². The Balaban J connectivity index is 1.68. The summed E-state index contributed by atoms with van der Waals surface area (Å²) in [5, 5.41) is 3.72. The van der Waals surface area contributed by atoms with Crippen molar-refractivity contribution in [2.45, 2.75) is 19.3 Å². The van der Waals surface area contributed by atoms with Crippen LogP contribution >= 0.6 is 23.2 Å². The molecule has 23 heavy (non-hydrogen) atoms. The number of nitrogens with one attached hydrogen (secondary N) is 1. The van der Waals surface area contributed by atoms with E-state index in [1.165, 1.54) is 24.9 Å². The number of nitrogens with zero attached hydrogens (tertiary/aromatic N) is 1. The Hall–Kier alpha value is -1.71. The molecule has 120 valence electrons. The molecule has 0 aliphatic carbocycles. The minimum absolute atomic E-state index is 0.159. The van der Waals surface area contributed by atoms with Crippen molar-refractivity contribution in [3.05, 3.63) is 58.1 Å². The molecule has 0 spiro atoms. The minimum Gasteiger partial charge on any atom is -0.372 e. The third kappa shape index (κ3) is 3.98. The van der Waals surface area contributed by atoms with Gasteiger partial charge in [-0.25, -0.2) is 0 Å². The molecular formula is C18H18Cl2N2O. The van der Waals surface area contributed by atoms with Crippen molar-refractivity contribution < 1.29 is 4.79 Å². The number of halogens is 2. The molecule has 2 aromatic carbocycles. The van der Waals surface area contributed by atoms with Crippen LogP contribution < -0.4 is 10.2 Å². The fourth-order valence-electron chi connectivity index (χ4n) is 2.75. The van der Waals surface area contributed by atoms with Gasteiger partial charge in [-0.3, -0.25) is 4.79 Å². The first kappa shape index (κ1) is 16.2. The van der Waals surface area contributed by atoms with Gasteiger partial charge in [0.2, 0.25) is 0 Å². The van der Waals surface area contributed by atoms with E-state index in [1.807, 2.05) is 24.3 Å². The molecule has 3 nitrogen and oxygen atoms in total. The highest BCUT2D eigenvalue weighted by molar-refractivity contribution is 6.42. The molecule has 0 radical (unpaired) electrons. The first-order chi connectivity index (χ1) is 11.1. The van der Waals surface area contributed by atoms with Gasteiger partial charge in [0.05, 0.1) is 10.0 Å². The van der Waals surface area contributed by atoms with Crippen molar-refractivity contribution in [2.75, 3.05) is 23.3 Å². The van der Waals surface area contributed by atoms with Crippen molar-refractivity contribution in [3.63, 3.8) is 0 Å². The van der Waals surface area contributed by atoms with Crippen molar-refractivity contribution in [2.24, 2.45) is 0 Å². The molecule has 1 aliphatic rings. The van der Waals surface area contributed by atoms with Gasteiger partial charge >= 0.3 is 0 Å². The van der Waals surface area contributed by atoms with Gasteiger partial charge in [-0.15, -0.1) is 0 Å². The normalized spacial score (nSPS) is 14.6. The van der Waals surface area contributed by atoms with Gasteiger partial charge < -0.3 is 10.2 Å². The van der Waals surface area contributed by atoms with E-state index >= 15 is 0 Å². The maximum atomic E-state index is 12.3. The van der Waals surface area contributed by atoms with E-state index in [4.69, 9.17) is 23.2 Å². The number of anilines is 2. The zero-order valence-corrected chi connectivity index (χ0v) is 14.2. The molecule has 1 fully saturated rings. The third-order valence-electron chi connectivity index (χ3n) is 4.03. The zero-order valence-electron chi connectivity index (χ0n) is 12.7. The minimum atomic E-state index is -0.159. The molecule has 0 aromatic heterocycles. The Kier molecular flexibility index (Phi) is 5.09. The number of benzene rings is 2. The topological polar surface area (TPSA) is 32.3 Å². The Morgan fingerprint density at radius 1 is 0.913 bits per heavy atom. The van der Waals surface area contributed by atoms with Gasteiger partial charge in [0, 0.05) is 30.0 Å². The molecule has 1 aliphatic heterocycles. The van der Waals surface area contributed by atoms with Crippen molar-refractivity contribution in [1.82, 2.24) is 0 Å². The number of amides is 1. The fraction of sp³-hybridized carbons (Fsp3) is 0.278. The number of rotatable bonds is 3.